The molecule has 2 saturated heterocycles. The normalized spacial score (nSPS) is 19.3. The molecule has 5 heteroatoms. The minimum atomic E-state index is 0.117. The zero-order valence-corrected chi connectivity index (χ0v) is 14.4. The van der Waals surface area contributed by atoms with Gasteiger partial charge in [-0.3, -0.25) is 4.79 Å². The Morgan fingerprint density at radius 1 is 1.29 bits per heavy atom. The van der Waals surface area contributed by atoms with Crippen LogP contribution in [0.5, 0.6) is 5.75 Å². The van der Waals surface area contributed by atoms with E-state index in [1.807, 2.05) is 29.2 Å². The maximum absolute atomic E-state index is 12.6. The van der Waals surface area contributed by atoms with Crippen LogP contribution in [0.4, 0.5) is 0 Å². The molecule has 2 aliphatic rings. The monoisotopic (exact) mass is 330 g/mol. The third-order valence-electron chi connectivity index (χ3n) is 4.94. The fourth-order valence-corrected chi connectivity index (χ4v) is 3.64. The SMILES string of the molecule is C=CCOc1ccc(C(=O)N2CC3(CCN(CCOC)C3)C2)cc1. The van der Waals surface area contributed by atoms with Crippen molar-refractivity contribution in [3.05, 3.63) is 42.5 Å². The standard InChI is InChI=1S/C19H26N2O3/c1-3-11-24-17-6-4-16(5-7-17)18(22)21-14-19(15-21)8-9-20(13-19)10-12-23-2/h3-7H,1,8-15H2,2H3. The predicted molar refractivity (Wildman–Crippen MR) is 93.4 cm³/mol. The zero-order valence-electron chi connectivity index (χ0n) is 14.4. The van der Waals surface area contributed by atoms with Crippen LogP contribution in [0.3, 0.4) is 0 Å². The first-order valence-corrected chi connectivity index (χ1v) is 8.50. The number of carbonyl (C=O) groups is 1. The largest absolute Gasteiger partial charge is 0.490 e. The van der Waals surface area contributed by atoms with Crippen LogP contribution in [0.15, 0.2) is 36.9 Å². The van der Waals surface area contributed by atoms with Crippen molar-refractivity contribution in [1.29, 1.82) is 0 Å². The summed E-state index contributed by atoms with van der Waals surface area (Å²) < 4.78 is 10.6. The zero-order chi connectivity index (χ0) is 17.0. The van der Waals surface area contributed by atoms with Gasteiger partial charge in [0.15, 0.2) is 0 Å². The van der Waals surface area contributed by atoms with Crippen molar-refractivity contribution in [2.75, 3.05) is 53.0 Å². The molecule has 130 valence electrons. The second-order valence-corrected chi connectivity index (χ2v) is 6.80. The summed E-state index contributed by atoms with van der Waals surface area (Å²) in [7, 11) is 1.74. The number of hydrogen-bond acceptors (Lipinski definition) is 4. The van der Waals surface area contributed by atoms with Crippen LogP contribution >= 0.6 is 0 Å². The molecule has 1 spiro atoms. The van der Waals surface area contributed by atoms with Gasteiger partial charge in [-0.2, -0.15) is 0 Å². The van der Waals surface area contributed by atoms with Crippen LogP contribution in [0.1, 0.15) is 16.8 Å². The van der Waals surface area contributed by atoms with Crippen molar-refractivity contribution in [2.45, 2.75) is 6.42 Å². The quantitative estimate of drug-likeness (QED) is 0.718. The highest BCUT2D eigenvalue weighted by molar-refractivity contribution is 5.95. The second kappa shape index (κ2) is 7.36. The van der Waals surface area contributed by atoms with Crippen LogP contribution in [0, 0.1) is 5.41 Å². The van der Waals surface area contributed by atoms with Crippen LogP contribution in [-0.4, -0.2) is 68.8 Å². The third-order valence-corrected chi connectivity index (χ3v) is 4.94. The topological polar surface area (TPSA) is 42.0 Å². The number of likely N-dealkylation sites (tertiary alicyclic amines) is 2. The Morgan fingerprint density at radius 3 is 2.71 bits per heavy atom. The lowest BCUT2D eigenvalue weighted by atomic mass is 9.78. The van der Waals surface area contributed by atoms with Crippen LogP contribution in [0.25, 0.3) is 0 Å². The molecule has 1 amide bonds. The van der Waals surface area contributed by atoms with Gasteiger partial charge in [0.25, 0.3) is 5.91 Å². The Balaban J connectivity index is 1.50. The fraction of sp³-hybridized carbons (Fsp3) is 0.526. The minimum Gasteiger partial charge on any atom is -0.490 e. The van der Waals surface area contributed by atoms with E-state index in [4.69, 9.17) is 9.47 Å². The average molecular weight is 330 g/mol. The summed E-state index contributed by atoms with van der Waals surface area (Å²) in [5.74, 6) is 0.877. The molecular weight excluding hydrogens is 304 g/mol. The van der Waals surface area contributed by atoms with Gasteiger partial charge in [-0.15, -0.1) is 0 Å². The molecule has 24 heavy (non-hydrogen) atoms. The van der Waals surface area contributed by atoms with Gasteiger partial charge in [-0.05, 0) is 37.2 Å². The molecule has 2 heterocycles. The number of nitrogens with zero attached hydrogens (tertiary/aromatic N) is 2. The van der Waals surface area contributed by atoms with Crippen molar-refractivity contribution in [3.63, 3.8) is 0 Å². The molecule has 0 saturated carbocycles. The second-order valence-electron chi connectivity index (χ2n) is 6.80. The van der Waals surface area contributed by atoms with E-state index in [1.165, 1.54) is 6.42 Å². The lowest BCUT2D eigenvalue weighted by Crippen LogP contribution is -2.59. The Hall–Kier alpha value is -1.85. The number of amides is 1. The van der Waals surface area contributed by atoms with Gasteiger partial charge in [-0.1, -0.05) is 12.7 Å². The predicted octanol–water partition coefficient (Wildman–Crippen LogP) is 2.05. The first-order chi connectivity index (χ1) is 11.7. The number of benzene rings is 1. The lowest BCUT2D eigenvalue weighted by molar-refractivity contribution is 0.00970. The molecule has 1 aromatic carbocycles. The van der Waals surface area contributed by atoms with E-state index in [0.29, 0.717) is 12.0 Å². The number of carbonyl (C=O) groups excluding carboxylic acids is 1. The Bertz CT molecular complexity index is 579. The summed E-state index contributed by atoms with van der Waals surface area (Å²) in [5, 5.41) is 0. The van der Waals surface area contributed by atoms with Crippen molar-refractivity contribution in [2.24, 2.45) is 5.41 Å². The Morgan fingerprint density at radius 2 is 2.04 bits per heavy atom. The summed E-state index contributed by atoms with van der Waals surface area (Å²) >= 11 is 0. The van der Waals surface area contributed by atoms with Gasteiger partial charge in [0.05, 0.1) is 6.61 Å². The van der Waals surface area contributed by atoms with E-state index >= 15 is 0 Å². The van der Waals surface area contributed by atoms with E-state index < -0.39 is 0 Å². The molecule has 2 aliphatic heterocycles. The van der Waals surface area contributed by atoms with Gasteiger partial charge < -0.3 is 19.3 Å². The first-order valence-electron chi connectivity index (χ1n) is 8.50. The number of ether oxygens (including phenoxy) is 2. The highest BCUT2D eigenvalue weighted by atomic mass is 16.5. The lowest BCUT2D eigenvalue weighted by Gasteiger charge is -2.48. The molecule has 0 radical (unpaired) electrons. The molecule has 1 aromatic rings. The van der Waals surface area contributed by atoms with Crippen LogP contribution in [-0.2, 0) is 4.74 Å². The Kier molecular flexibility index (Phi) is 5.21. The number of methoxy groups -OCH3 is 1. The van der Waals surface area contributed by atoms with Crippen LogP contribution in [0.2, 0.25) is 0 Å². The van der Waals surface area contributed by atoms with Crippen molar-refractivity contribution in [1.82, 2.24) is 9.80 Å². The van der Waals surface area contributed by atoms with Gasteiger partial charge in [0.1, 0.15) is 12.4 Å². The summed E-state index contributed by atoms with van der Waals surface area (Å²) in [5.41, 5.74) is 1.03. The van der Waals surface area contributed by atoms with E-state index in [9.17, 15) is 4.79 Å². The van der Waals surface area contributed by atoms with Crippen molar-refractivity contribution < 1.29 is 14.3 Å². The summed E-state index contributed by atoms with van der Waals surface area (Å²) in [6.45, 7) is 9.78. The highest BCUT2D eigenvalue weighted by Gasteiger charge is 2.49. The first kappa shape index (κ1) is 17.0. The van der Waals surface area contributed by atoms with Crippen molar-refractivity contribution >= 4 is 5.91 Å². The third kappa shape index (κ3) is 3.62. The maximum Gasteiger partial charge on any atom is 0.253 e. The molecule has 5 nitrogen and oxygen atoms in total. The van der Waals surface area contributed by atoms with Gasteiger partial charge in [-0.25, -0.2) is 0 Å². The molecule has 3 rings (SSSR count). The Labute approximate surface area is 143 Å². The minimum absolute atomic E-state index is 0.117. The van der Waals surface area contributed by atoms with E-state index in [-0.39, 0.29) is 5.91 Å². The molecule has 0 aromatic heterocycles. The van der Waals surface area contributed by atoms with E-state index in [0.717, 1.165) is 50.6 Å². The molecule has 0 unspecified atom stereocenters. The molecule has 0 aliphatic carbocycles. The highest BCUT2D eigenvalue weighted by Crippen LogP contribution is 2.40. The molecule has 0 N–H and O–H groups in total. The van der Waals surface area contributed by atoms with E-state index in [2.05, 4.69) is 11.5 Å². The summed E-state index contributed by atoms with van der Waals surface area (Å²) in [4.78, 5) is 17.0. The molecule has 0 atom stereocenters. The van der Waals surface area contributed by atoms with Gasteiger partial charge in [0.2, 0.25) is 0 Å². The van der Waals surface area contributed by atoms with E-state index in [1.54, 1.807) is 13.2 Å². The smallest absolute Gasteiger partial charge is 0.253 e. The number of hydrogen-bond donors (Lipinski definition) is 0. The van der Waals surface area contributed by atoms with Gasteiger partial charge >= 0.3 is 0 Å². The summed E-state index contributed by atoms with van der Waals surface area (Å²) in [6.07, 6.45) is 2.88. The van der Waals surface area contributed by atoms with Crippen LogP contribution < -0.4 is 4.74 Å². The van der Waals surface area contributed by atoms with Crippen molar-refractivity contribution in [3.8, 4) is 5.75 Å². The maximum atomic E-state index is 12.6. The molecule has 0 bridgehead atoms. The van der Waals surface area contributed by atoms with Gasteiger partial charge in [0, 0.05) is 44.3 Å². The average Bonchev–Trinajstić information content (AvgIpc) is 3.01. The summed E-state index contributed by atoms with van der Waals surface area (Å²) in [6, 6.07) is 7.36. The fourth-order valence-electron chi connectivity index (χ4n) is 3.64. The number of rotatable bonds is 7. The molecule has 2 fully saturated rings. The molecular formula is C19H26N2O3.